The lowest BCUT2D eigenvalue weighted by Crippen LogP contribution is -2.35. The maximum atomic E-state index is 11.8. The van der Waals surface area contributed by atoms with Gasteiger partial charge in [-0.3, -0.25) is 4.79 Å². The van der Waals surface area contributed by atoms with Crippen molar-refractivity contribution in [2.24, 2.45) is 11.1 Å². The van der Waals surface area contributed by atoms with Crippen molar-refractivity contribution in [2.45, 2.75) is 38.5 Å². The van der Waals surface area contributed by atoms with E-state index in [-0.39, 0.29) is 5.41 Å². The highest BCUT2D eigenvalue weighted by Crippen LogP contribution is 2.38. The van der Waals surface area contributed by atoms with E-state index in [9.17, 15) is 4.79 Å². The standard InChI is InChI=1S/C11H19NO/c1-2-3-6-10(13)11(9-12)7-4-5-8-11/h2H,1,3-9,12H2. The summed E-state index contributed by atoms with van der Waals surface area (Å²) in [7, 11) is 0. The number of carbonyl (C=O) groups is 1. The van der Waals surface area contributed by atoms with E-state index in [1.54, 1.807) is 6.08 Å². The van der Waals surface area contributed by atoms with Crippen LogP contribution in [0.1, 0.15) is 38.5 Å². The molecule has 1 aliphatic rings. The lowest BCUT2D eigenvalue weighted by molar-refractivity contribution is -0.127. The van der Waals surface area contributed by atoms with Crippen LogP contribution in [0.15, 0.2) is 12.7 Å². The van der Waals surface area contributed by atoms with Crippen LogP contribution >= 0.6 is 0 Å². The number of hydrogen-bond acceptors (Lipinski definition) is 2. The molecule has 74 valence electrons. The predicted octanol–water partition coefficient (Wildman–Crippen LogP) is 2.04. The molecule has 0 unspecified atom stereocenters. The summed E-state index contributed by atoms with van der Waals surface area (Å²) in [5, 5.41) is 0. The molecule has 2 heteroatoms. The van der Waals surface area contributed by atoms with Crippen LogP contribution in [0.4, 0.5) is 0 Å². The quantitative estimate of drug-likeness (QED) is 0.659. The highest BCUT2D eigenvalue weighted by molar-refractivity contribution is 5.85. The maximum Gasteiger partial charge on any atom is 0.140 e. The Bertz CT molecular complexity index is 192. The fourth-order valence-corrected chi connectivity index (χ4v) is 2.15. The first-order valence-corrected chi connectivity index (χ1v) is 5.09. The van der Waals surface area contributed by atoms with Crippen molar-refractivity contribution in [1.29, 1.82) is 0 Å². The van der Waals surface area contributed by atoms with Gasteiger partial charge in [0.1, 0.15) is 5.78 Å². The van der Waals surface area contributed by atoms with Gasteiger partial charge in [0, 0.05) is 18.4 Å². The molecule has 0 spiro atoms. The molecular weight excluding hydrogens is 162 g/mol. The Hall–Kier alpha value is -0.630. The van der Waals surface area contributed by atoms with E-state index < -0.39 is 0 Å². The van der Waals surface area contributed by atoms with Crippen LogP contribution in [0.5, 0.6) is 0 Å². The fourth-order valence-electron chi connectivity index (χ4n) is 2.15. The molecule has 0 aromatic heterocycles. The second-order valence-corrected chi connectivity index (χ2v) is 3.94. The van der Waals surface area contributed by atoms with Crippen LogP contribution in [0, 0.1) is 5.41 Å². The Morgan fingerprint density at radius 3 is 2.54 bits per heavy atom. The number of Topliss-reactive ketones (excluding diaryl/α,β-unsaturated/α-hetero) is 1. The summed E-state index contributed by atoms with van der Waals surface area (Å²) in [6.07, 6.45) is 7.55. The summed E-state index contributed by atoms with van der Waals surface area (Å²) in [4.78, 5) is 11.8. The Morgan fingerprint density at radius 2 is 2.08 bits per heavy atom. The average molecular weight is 181 g/mol. The molecule has 0 atom stereocenters. The van der Waals surface area contributed by atoms with Crippen LogP contribution in [-0.2, 0) is 4.79 Å². The minimum absolute atomic E-state index is 0.164. The number of allylic oxidation sites excluding steroid dienone is 1. The van der Waals surface area contributed by atoms with Crippen molar-refractivity contribution in [2.75, 3.05) is 6.54 Å². The van der Waals surface area contributed by atoms with Crippen LogP contribution in [0.2, 0.25) is 0 Å². The first-order chi connectivity index (χ1) is 6.25. The Kier molecular flexibility index (Phi) is 3.67. The molecule has 0 saturated heterocycles. The van der Waals surface area contributed by atoms with Crippen LogP contribution < -0.4 is 5.73 Å². The Morgan fingerprint density at radius 1 is 1.46 bits per heavy atom. The second kappa shape index (κ2) is 4.56. The molecule has 0 aromatic carbocycles. The SMILES string of the molecule is C=CCCC(=O)C1(CN)CCCC1. The average Bonchev–Trinajstić information content (AvgIpc) is 2.63. The third-order valence-electron chi connectivity index (χ3n) is 3.12. The van der Waals surface area contributed by atoms with Gasteiger partial charge in [-0.25, -0.2) is 0 Å². The highest BCUT2D eigenvalue weighted by atomic mass is 16.1. The lowest BCUT2D eigenvalue weighted by Gasteiger charge is -2.25. The number of carbonyl (C=O) groups excluding carboxylic acids is 1. The summed E-state index contributed by atoms with van der Waals surface area (Å²) in [5.74, 6) is 0.354. The van der Waals surface area contributed by atoms with Gasteiger partial charge in [0.2, 0.25) is 0 Å². The van der Waals surface area contributed by atoms with Gasteiger partial charge in [0.25, 0.3) is 0 Å². The van der Waals surface area contributed by atoms with Crippen molar-refractivity contribution < 1.29 is 4.79 Å². The molecule has 0 aliphatic heterocycles. The van der Waals surface area contributed by atoms with Gasteiger partial charge in [-0.05, 0) is 19.3 Å². The first-order valence-electron chi connectivity index (χ1n) is 5.09. The number of ketones is 1. The molecule has 0 aromatic rings. The highest BCUT2D eigenvalue weighted by Gasteiger charge is 2.38. The van der Waals surface area contributed by atoms with E-state index in [4.69, 9.17) is 5.73 Å². The zero-order chi connectivity index (χ0) is 9.73. The maximum absolute atomic E-state index is 11.8. The first kappa shape index (κ1) is 10.5. The van der Waals surface area contributed by atoms with Gasteiger partial charge in [-0.2, -0.15) is 0 Å². The topological polar surface area (TPSA) is 43.1 Å². The number of nitrogens with two attached hydrogens (primary N) is 1. The monoisotopic (exact) mass is 181 g/mol. The molecule has 1 fully saturated rings. The largest absolute Gasteiger partial charge is 0.329 e. The van der Waals surface area contributed by atoms with Crippen LogP contribution in [-0.4, -0.2) is 12.3 Å². The summed E-state index contributed by atoms with van der Waals surface area (Å²) in [6, 6.07) is 0. The fraction of sp³-hybridized carbons (Fsp3) is 0.727. The van der Waals surface area contributed by atoms with E-state index in [0.29, 0.717) is 18.7 Å². The third-order valence-corrected chi connectivity index (χ3v) is 3.12. The summed E-state index contributed by atoms with van der Waals surface area (Å²) >= 11 is 0. The minimum atomic E-state index is -0.164. The molecule has 0 heterocycles. The normalized spacial score (nSPS) is 20.1. The van der Waals surface area contributed by atoms with Gasteiger partial charge in [0.15, 0.2) is 0 Å². The Balaban J connectivity index is 2.54. The molecule has 2 N–H and O–H groups in total. The second-order valence-electron chi connectivity index (χ2n) is 3.94. The van der Waals surface area contributed by atoms with E-state index in [1.807, 2.05) is 0 Å². The molecule has 0 radical (unpaired) electrons. The van der Waals surface area contributed by atoms with Gasteiger partial charge in [-0.15, -0.1) is 6.58 Å². The van der Waals surface area contributed by atoms with E-state index in [2.05, 4.69) is 6.58 Å². The molecule has 1 rings (SSSR count). The molecule has 1 aliphatic carbocycles. The van der Waals surface area contributed by atoms with E-state index in [0.717, 1.165) is 32.1 Å². The molecule has 2 nitrogen and oxygen atoms in total. The van der Waals surface area contributed by atoms with Gasteiger partial charge in [-0.1, -0.05) is 18.9 Å². The summed E-state index contributed by atoms with van der Waals surface area (Å²) < 4.78 is 0. The smallest absolute Gasteiger partial charge is 0.140 e. The third kappa shape index (κ3) is 2.19. The van der Waals surface area contributed by atoms with Gasteiger partial charge >= 0.3 is 0 Å². The molecule has 1 saturated carbocycles. The summed E-state index contributed by atoms with van der Waals surface area (Å²) in [6.45, 7) is 4.16. The van der Waals surface area contributed by atoms with Crippen LogP contribution in [0.3, 0.4) is 0 Å². The Labute approximate surface area is 80.2 Å². The van der Waals surface area contributed by atoms with E-state index >= 15 is 0 Å². The molecular formula is C11H19NO. The number of rotatable bonds is 5. The van der Waals surface area contributed by atoms with Crippen molar-refractivity contribution in [3.05, 3.63) is 12.7 Å². The van der Waals surface area contributed by atoms with Crippen LogP contribution in [0.25, 0.3) is 0 Å². The van der Waals surface area contributed by atoms with Crippen molar-refractivity contribution >= 4 is 5.78 Å². The molecule has 0 bridgehead atoms. The van der Waals surface area contributed by atoms with E-state index in [1.165, 1.54) is 0 Å². The lowest BCUT2D eigenvalue weighted by atomic mass is 9.80. The zero-order valence-electron chi connectivity index (χ0n) is 8.22. The van der Waals surface area contributed by atoms with Crippen molar-refractivity contribution in [1.82, 2.24) is 0 Å². The summed E-state index contributed by atoms with van der Waals surface area (Å²) in [5.41, 5.74) is 5.53. The van der Waals surface area contributed by atoms with Crippen molar-refractivity contribution in [3.8, 4) is 0 Å². The van der Waals surface area contributed by atoms with Gasteiger partial charge in [0.05, 0.1) is 0 Å². The molecule has 13 heavy (non-hydrogen) atoms. The van der Waals surface area contributed by atoms with Crippen molar-refractivity contribution in [3.63, 3.8) is 0 Å². The zero-order valence-corrected chi connectivity index (χ0v) is 8.22. The van der Waals surface area contributed by atoms with Gasteiger partial charge < -0.3 is 5.73 Å². The number of hydrogen-bond donors (Lipinski definition) is 1. The minimum Gasteiger partial charge on any atom is -0.329 e. The molecule has 0 amide bonds. The predicted molar refractivity (Wildman–Crippen MR) is 54.4 cm³/mol.